The maximum absolute atomic E-state index is 11.7. The molecular formula is C15H27NO4S. The van der Waals surface area contributed by atoms with E-state index in [0.29, 0.717) is 19.0 Å². The molecule has 0 aromatic carbocycles. The summed E-state index contributed by atoms with van der Waals surface area (Å²) in [5.74, 6) is 1.21. The molecule has 0 unspecified atom stereocenters. The first-order chi connectivity index (χ1) is 10.00. The molecule has 2 aliphatic heterocycles. The summed E-state index contributed by atoms with van der Waals surface area (Å²) in [5, 5.41) is 0. The molecule has 122 valence electrons. The zero-order valence-corrected chi connectivity index (χ0v) is 13.7. The zero-order chi connectivity index (χ0) is 14.9. The van der Waals surface area contributed by atoms with E-state index >= 15 is 0 Å². The molecule has 21 heavy (non-hydrogen) atoms. The molecule has 0 aromatic rings. The summed E-state index contributed by atoms with van der Waals surface area (Å²) in [6.07, 6.45) is 6.88. The van der Waals surface area contributed by atoms with Gasteiger partial charge >= 0.3 is 0 Å². The van der Waals surface area contributed by atoms with Gasteiger partial charge in [-0.1, -0.05) is 0 Å². The van der Waals surface area contributed by atoms with E-state index in [0.717, 1.165) is 51.6 Å². The van der Waals surface area contributed by atoms with Crippen LogP contribution in [-0.2, 0) is 19.5 Å². The predicted molar refractivity (Wildman–Crippen MR) is 80.6 cm³/mol. The van der Waals surface area contributed by atoms with Crippen LogP contribution in [0, 0.1) is 17.3 Å². The van der Waals surface area contributed by atoms with Crippen molar-refractivity contribution < 1.29 is 17.9 Å². The minimum absolute atomic E-state index is 0.225. The molecule has 3 rings (SSSR count). The highest BCUT2D eigenvalue weighted by atomic mass is 32.2. The average Bonchev–Trinajstić information content (AvgIpc) is 3.25. The third-order valence-electron chi connectivity index (χ3n) is 5.49. The van der Waals surface area contributed by atoms with Crippen LogP contribution in [0.25, 0.3) is 0 Å². The Bertz CT molecular complexity index is 452. The first-order valence-electron chi connectivity index (χ1n) is 8.10. The molecule has 1 saturated carbocycles. The first kappa shape index (κ1) is 15.7. The highest BCUT2D eigenvalue weighted by Crippen LogP contribution is 2.45. The van der Waals surface area contributed by atoms with Crippen LogP contribution in [0.2, 0.25) is 0 Å². The maximum Gasteiger partial charge on any atom is 0.211 e. The van der Waals surface area contributed by atoms with Crippen molar-refractivity contribution in [2.75, 3.05) is 45.8 Å². The van der Waals surface area contributed by atoms with Gasteiger partial charge in [0.25, 0.3) is 0 Å². The summed E-state index contributed by atoms with van der Waals surface area (Å²) < 4.78 is 36.5. The second-order valence-electron chi connectivity index (χ2n) is 7.03. The SMILES string of the molecule is CS(=O)(=O)N1CCC2(CCOC[C@H]2COCC2CC2)CC1. The molecule has 0 radical (unpaired) electrons. The van der Waals surface area contributed by atoms with Crippen molar-refractivity contribution in [1.82, 2.24) is 4.31 Å². The first-order valence-corrected chi connectivity index (χ1v) is 9.95. The molecule has 0 bridgehead atoms. The molecule has 2 saturated heterocycles. The molecule has 6 heteroatoms. The molecule has 2 heterocycles. The van der Waals surface area contributed by atoms with Crippen LogP contribution in [0.4, 0.5) is 0 Å². The third-order valence-corrected chi connectivity index (χ3v) is 6.79. The van der Waals surface area contributed by atoms with Crippen LogP contribution < -0.4 is 0 Å². The molecule has 1 spiro atoms. The van der Waals surface area contributed by atoms with Gasteiger partial charge in [0.15, 0.2) is 0 Å². The second-order valence-corrected chi connectivity index (χ2v) is 9.01. The van der Waals surface area contributed by atoms with E-state index in [2.05, 4.69) is 0 Å². The van der Waals surface area contributed by atoms with Gasteiger partial charge < -0.3 is 9.47 Å². The maximum atomic E-state index is 11.7. The minimum atomic E-state index is -3.05. The molecule has 3 aliphatic rings. The quantitative estimate of drug-likeness (QED) is 0.771. The summed E-state index contributed by atoms with van der Waals surface area (Å²) in [6, 6.07) is 0. The molecule has 0 aromatic heterocycles. The summed E-state index contributed by atoms with van der Waals surface area (Å²) >= 11 is 0. The lowest BCUT2D eigenvalue weighted by Crippen LogP contribution is -2.50. The Labute approximate surface area is 128 Å². The van der Waals surface area contributed by atoms with Gasteiger partial charge in [0, 0.05) is 32.2 Å². The van der Waals surface area contributed by atoms with Crippen LogP contribution in [0.3, 0.4) is 0 Å². The Morgan fingerprint density at radius 3 is 2.52 bits per heavy atom. The molecule has 0 N–H and O–H groups in total. The van der Waals surface area contributed by atoms with Crippen molar-refractivity contribution in [2.24, 2.45) is 17.3 Å². The van der Waals surface area contributed by atoms with Gasteiger partial charge in [0.05, 0.1) is 19.5 Å². The lowest BCUT2D eigenvalue weighted by atomic mass is 9.66. The van der Waals surface area contributed by atoms with Gasteiger partial charge in [0.1, 0.15) is 0 Å². The van der Waals surface area contributed by atoms with Gasteiger partial charge in [-0.3, -0.25) is 0 Å². The minimum Gasteiger partial charge on any atom is -0.381 e. The Hall–Kier alpha value is -0.170. The highest BCUT2D eigenvalue weighted by molar-refractivity contribution is 7.88. The van der Waals surface area contributed by atoms with Crippen LogP contribution in [0.1, 0.15) is 32.1 Å². The van der Waals surface area contributed by atoms with Crippen molar-refractivity contribution in [1.29, 1.82) is 0 Å². The van der Waals surface area contributed by atoms with E-state index in [-0.39, 0.29) is 5.41 Å². The van der Waals surface area contributed by atoms with Crippen LogP contribution in [0.5, 0.6) is 0 Å². The number of piperidine rings is 1. The average molecular weight is 317 g/mol. The number of hydrogen-bond acceptors (Lipinski definition) is 4. The summed E-state index contributed by atoms with van der Waals surface area (Å²) in [7, 11) is -3.05. The third kappa shape index (κ3) is 3.78. The van der Waals surface area contributed by atoms with Gasteiger partial charge in [-0.2, -0.15) is 0 Å². The smallest absolute Gasteiger partial charge is 0.211 e. The van der Waals surface area contributed by atoms with Gasteiger partial charge in [-0.05, 0) is 43.4 Å². The Kier molecular flexibility index (Phi) is 4.60. The molecular weight excluding hydrogens is 290 g/mol. The molecule has 3 fully saturated rings. The lowest BCUT2D eigenvalue weighted by Gasteiger charge is -2.48. The fourth-order valence-corrected chi connectivity index (χ4v) is 4.54. The molecule has 1 aliphatic carbocycles. The Morgan fingerprint density at radius 2 is 1.90 bits per heavy atom. The normalized spacial score (nSPS) is 30.6. The van der Waals surface area contributed by atoms with Crippen molar-refractivity contribution >= 4 is 10.0 Å². The van der Waals surface area contributed by atoms with E-state index in [4.69, 9.17) is 9.47 Å². The van der Waals surface area contributed by atoms with Crippen LogP contribution in [0.15, 0.2) is 0 Å². The zero-order valence-electron chi connectivity index (χ0n) is 12.9. The van der Waals surface area contributed by atoms with Crippen molar-refractivity contribution in [2.45, 2.75) is 32.1 Å². The monoisotopic (exact) mass is 317 g/mol. The summed E-state index contributed by atoms with van der Waals surface area (Å²) in [5.41, 5.74) is 0.225. The predicted octanol–water partition coefficient (Wildman–Crippen LogP) is 1.49. The summed E-state index contributed by atoms with van der Waals surface area (Å²) in [4.78, 5) is 0. The largest absolute Gasteiger partial charge is 0.381 e. The fourth-order valence-electron chi connectivity index (χ4n) is 3.69. The number of sulfonamides is 1. The van der Waals surface area contributed by atoms with E-state index in [1.165, 1.54) is 19.1 Å². The fraction of sp³-hybridized carbons (Fsp3) is 1.00. The topological polar surface area (TPSA) is 55.8 Å². The number of hydrogen-bond donors (Lipinski definition) is 0. The Morgan fingerprint density at radius 1 is 1.19 bits per heavy atom. The lowest BCUT2D eigenvalue weighted by molar-refractivity contribution is -0.0948. The number of rotatable bonds is 5. The van der Waals surface area contributed by atoms with Crippen molar-refractivity contribution in [3.05, 3.63) is 0 Å². The van der Waals surface area contributed by atoms with Crippen LogP contribution >= 0.6 is 0 Å². The van der Waals surface area contributed by atoms with E-state index < -0.39 is 10.0 Å². The van der Waals surface area contributed by atoms with Gasteiger partial charge in [0.2, 0.25) is 10.0 Å². The van der Waals surface area contributed by atoms with Crippen molar-refractivity contribution in [3.8, 4) is 0 Å². The number of ether oxygens (including phenoxy) is 2. The van der Waals surface area contributed by atoms with Crippen molar-refractivity contribution in [3.63, 3.8) is 0 Å². The molecule has 1 atom stereocenters. The van der Waals surface area contributed by atoms with E-state index in [1.807, 2.05) is 0 Å². The number of nitrogens with zero attached hydrogens (tertiary/aromatic N) is 1. The van der Waals surface area contributed by atoms with E-state index in [9.17, 15) is 8.42 Å². The Balaban J connectivity index is 1.57. The van der Waals surface area contributed by atoms with Gasteiger partial charge in [-0.25, -0.2) is 12.7 Å². The highest BCUT2D eigenvalue weighted by Gasteiger charge is 2.44. The molecule has 5 nitrogen and oxygen atoms in total. The van der Waals surface area contributed by atoms with E-state index in [1.54, 1.807) is 4.31 Å². The van der Waals surface area contributed by atoms with Gasteiger partial charge in [-0.15, -0.1) is 0 Å². The molecule has 0 amide bonds. The summed E-state index contributed by atoms with van der Waals surface area (Å²) in [6.45, 7) is 4.54. The standard InChI is InChI=1S/C15H27NO4S/c1-21(17,18)16-7-4-15(5-8-16)6-9-19-11-14(15)12-20-10-13-2-3-13/h13-14H,2-12H2,1H3/t14-/m0/s1. The second kappa shape index (κ2) is 6.14. The van der Waals surface area contributed by atoms with Crippen LogP contribution in [-0.4, -0.2) is 58.5 Å².